The first kappa shape index (κ1) is 15.6. The van der Waals surface area contributed by atoms with Gasteiger partial charge in [-0.15, -0.1) is 11.3 Å². The van der Waals surface area contributed by atoms with Crippen LogP contribution in [0.5, 0.6) is 0 Å². The van der Waals surface area contributed by atoms with Gasteiger partial charge in [-0.2, -0.15) is 13.2 Å². The van der Waals surface area contributed by atoms with E-state index in [1.54, 1.807) is 24.3 Å². The highest BCUT2D eigenvalue weighted by Crippen LogP contribution is 2.45. The maximum absolute atomic E-state index is 13.1. The van der Waals surface area contributed by atoms with Crippen LogP contribution in [-0.2, 0) is 6.18 Å². The van der Waals surface area contributed by atoms with Crippen molar-refractivity contribution in [2.24, 2.45) is 0 Å². The molecule has 1 heterocycles. The fraction of sp³-hybridized carbons (Fsp3) is 0.0588. The standard InChI is InChI=1S/C17H11F4NS/c18-12-5-1-11(2-6-12)16-14(9-15(23-16)17(19,20)21)10-3-7-13(22)8-4-10/h1-9H,22H2. The Labute approximate surface area is 134 Å². The van der Waals surface area contributed by atoms with Crippen LogP contribution in [0, 0.1) is 5.82 Å². The molecule has 6 heteroatoms. The summed E-state index contributed by atoms with van der Waals surface area (Å²) in [5.41, 5.74) is 7.78. The molecule has 0 atom stereocenters. The van der Waals surface area contributed by atoms with Gasteiger partial charge < -0.3 is 5.73 Å². The molecular formula is C17H11F4NS. The van der Waals surface area contributed by atoms with E-state index in [9.17, 15) is 17.6 Å². The van der Waals surface area contributed by atoms with Crippen molar-refractivity contribution < 1.29 is 17.6 Å². The van der Waals surface area contributed by atoms with Crippen molar-refractivity contribution in [3.8, 4) is 21.6 Å². The number of hydrogen-bond donors (Lipinski definition) is 1. The number of benzene rings is 2. The summed E-state index contributed by atoms with van der Waals surface area (Å²) < 4.78 is 52.3. The Morgan fingerprint density at radius 2 is 1.39 bits per heavy atom. The van der Waals surface area contributed by atoms with Gasteiger partial charge in [0, 0.05) is 16.1 Å². The molecule has 2 aromatic carbocycles. The van der Waals surface area contributed by atoms with Gasteiger partial charge in [-0.3, -0.25) is 0 Å². The number of alkyl halides is 3. The van der Waals surface area contributed by atoms with E-state index < -0.39 is 16.9 Å². The molecule has 0 saturated carbocycles. The van der Waals surface area contributed by atoms with Gasteiger partial charge in [0.1, 0.15) is 10.7 Å². The van der Waals surface area contributed by atoms with E-state index in [0.717, 1.165) is 6.07 Å². The van der Waals surface area contributed by atoms with E-state index >= 15 is 0 Å². The summed E-state index contributed by atoms with van der Waals surface area (Å²) in [6.07, 6.45) is -4.43. The average molecular weight is 337 g/mol. The molecule has 0 spiro atoms. The number of anilines is 1. The second-order valence-corrected chi connectivity index (χ2v) is 6.03. The van der Waals surface area contributed by atoms with Crippen molar-refractivity contribution >= 4 is 17.0 Å². The van der Waals surface area contributed by atoms with Crippen molar-refractivity contribution in [1.82, 2.24) is 0 Å². The van der Waals surface area contributed by atoms with E-state index in [1.165, 1.54) is 24.3 Å². The lowest BCUT2D eigenvalue weighted by Gasteiger charge is -2.05. The van der Waals surface area contributed by atoms with Crippen LogP contribution in [0.3, 0.4) is 0 Å². The summed E-state index contributed by atoms with van der Waals surface area (Å²) >= 11 is 0.646. The minimum Gasteiger partial charge on any atom is -0.399 e. The minimum absolute atomic E-state index is 0.435. The topological polar surface area (TPSA) is 26.0 Å². The lowest BCUT2D eigenvalue weighted by atomic mass is 10.0. The number of rotatable bonds is 2. The van der Waals surface area contributed by atoms with Crippen molar-refractivity contribution in [2.75, 3.05) is 5.73 Å². The normalized spacial score (nSPS) is 11.7. The summed E-state index contributed by atoms with van der Waals surface area (Å²) in [7, 11) is 0. The highest BCUT2D eigenvalue weighted by molar-refractivity contribution is 7.16. The summed E-state index contributed by atoms with van der Waals surface area (Å²) in [5.74, 6) is -0.435. The molecule has 0 aliphatic heterocycles. The second-order valence-electron chi connectivity index (χ2n) is 4.98. The van der Waals surface area contributed by atoms with Crippen LogP contribution < -0.4 is 5.73 Å². The number of halogens is 4. The Morgan fingerprint density at radius 3 is 1.96 bits per heavy atom. The average Bonchev–Trinajstić information content (AvgIpc) is 2.94. The monoisotopic (exact) mass is 337 g/mol. The molecular weight excluding hydrogens is 326 g/mol. The molecule has 118 valence electrons. The van der Waals surface area contributed by atoms with Crippen LogP contribution in [0.4, 0.5) is 23.2 Å². The van der Waals surface area contributed by atoms with Gasteiger partial charge in [-0.25, -0.2) is 4.39 Å². The molecule has 3 aromatic rings. The second kappa shape index (κ2) is 5.70. The molecule has 0 aliphatic rings. The van der Waals surface area contributed by atoms with Crippen molar-refractivity contribution in [1.29, 1.82) is 0 Å². The van der Waals surface area contributed by atoms with Crippen molar-refractivity contribution in [3.63, 3.8) is 0 Å². The molecule has 0 fully saturated rings. The molecule has 0 radical (unpaired) electrons. The fourth-order valence-corrected chi connectivity index (χ4v) is 3.28. The lowest BCUT2D eigenvalue weighted by Crippen LogP contribution is -2.00. The molecule has 0 bridgehead atoms. The fourth-order valence-electron chi connectivity index (χ4n) is 2.22. The van der Waals surface area contributed by atoms with E-state index in [2.05, 4.69) is 0 Å². The molecule has 0 unspecified atom stereocenters. The quantitative estimate of drug-likeness (QED) is 0.462. The summed E-state index contributed by atoms with van der Waals surface area (Å²) in [6, 6.07) is 13.1. The number of hydrogen-bond acceptors (Lipinski definition) is 2. The van der Waals surface area contributed by atoms with E-state index in [0.29, 0.717) is 38.6 Å². The van der Waals surface area contributed by atoms with E-state index in [1.807, 2.05) is 0 Å². The van der Waals surface area contributed by atoms with Gasteiger partial charge in [0.2, 0.25) is 0 Å². The van der Waals surface area contributed by atoms with Gasteiger partial charge in [0.15, 0.2) is 0 Å². The predicted octanol–water partition coefficient (Wildman–Crippen LogP) is 5.82. The van der Waals surface area contributed by atoms with Crippen LogP contribution in [-0.4, -0.2) is 0 Å². The molecule has 1 nitrogen and oxygen atoms in total. The smallest absolute Gasteiger partial charge is 0.399 e. The Balaban J connectivity index is 2.18. The van der Waals surface area contributed by atoms with Crippen molar-refractivity contribution in [3.05, 3.63) is 65.3 Å². The Hall–Kier alpha value is -2.34. The molecule has 2 N–H and O–H groups in total. The maximum atomic E-state index is 13.1. The first-order valence-electron chi connectivity index (χ1n) is 6.67. The summed E-state index contributed by atoms with van der Waals surface area (Å²) in [5, 5.41) is 0. The van der Waals surface area contributed by atoms with Gasteiger partial charge in [-0.1, -0.05) is 24.3 Å². The zero-order valence-electron chi connectivity index (χ0n) is 11.7. The zero-order chi connectivity index (χ0) is 16.6. The highest BCUT2D eigenvalue weighted by Gasteiger charge is 2.34. The van der Waals surface area contributed by atoms with Crippen LogP contribution in [0.1, 0.15) is 4.88 Å². The van der Waals surface area contributed by atoms with Gasteiger partial charge in [0.25, 0.3) is 0 Å². The highest BCUT2D eigenvalue weighted by atomic mass is 32.1. The molecule has 0 saturated heterocycles. The molecule has 3 rings (SSSR count). The third kappa shape index (κ3) is 3.22. The Kier molecular flexibility index (Phi) is 3.85. The number of nitrogen functional groups attached to an aromatic ring is 1. The molecule has 0 aliphatic carbocycles. The SMILES string of the molecule is Nc1ccc(-c2cc(C(F)(F)F)sc2-c2ccc(F)cc2)cc1. The number of thiophene rings is 1. The summed E-state index contributed by atoms with van der Waals surface area (Å²) in [6.45, 7) is 0. The van der Waals surface area contributed by atoms with Crippen LogP contribution in [0.2, 0.25) is 0 Å². The molecule has 1 aromatic heterocycles. The Bertz CT molecular complexity index is 754. The van der Waals surface area contributed by atoms with Gasteiger partial charge in [-0.05, 0) is 41.5 Å². The largest absolute Gasteiger partial charge is 0.425 e. The third-order valence-electron chi connectivity index (χ3n) is 3.34. The van der Waals surface area contributed by atoms with Crippen LogP contribution >= 0.6 is 11.3 Å². The van der Waals surface area contributed by atoms with Crippen LogP contribution in [0.25, 0.3) is 21.6 Å². The van der Waals surface area contributed by atoms with E-state index in [-0.39, 0.29) is 0 Å². The van der Waals surface area contributed by atoms with Crippen LogP contribution in [0.15, 0.2) is 54.6 Å². The number of nitrogens with two attached hydrogens (primary N) is 1. The first-order chi connectivity index (χ1) is 10.8. The summed E-state index contributed by atoms with van der Waals surface area (Å²) in [4.78, 5) is -0.245. The van der Waals surface area contributed by atoms with Gasteiger partial charge in [0.05, 0.1) is 0 Å². The Morgan fingerprint density at radius 1 is 0.826 bits per heavy atom. The lowest BCUT2D eigenvalue weighted by molar-refractivity contribution is -0.134. The van der Waals surface area contributed by atoms with E-state index in [4.69, 9.17) is 5.73 Å². The minimum atomic E-state index is -4.43. The van der Waals surface area contributed by atoms with Crippen molar-refractivity contribution in [2.45, 2.75) is 6.18 Å². The molecule has 0 amide bonds. The predicted molar refractivity (Wildman–Crippen MR) is 84.6 cm³/mol. The molecule has 23 heavy (non-hydrogen) atoms. The third-order valence-corrected chi connectivity index (χ3v) is 4.57. The first-order valence-corrected chi connectivity index (χ1v) is 7.49. The van der Waals surface area contributed by atoms with Gasteiger partial charge >= 0.3 is 6.18 Å². The zero-order valence-corrected chi connectivity index (χ0v) is 12.5. The maximum Gasteiger partial charge on any atom is 0.425 e.